The lowest BCUT2D eigenvalue weighted by Crippen LogP contribution is -2.06. The van der Waals surface area contributed by atoms with E-state index in [0.717, 1.165) is 0 Å². The molecule has 0 spiro atoms. The van der Waals surface area contributed by atoms with Gasteiger partial charge < -0.3 is 5.73 Å². The molecule has 0 saturated heterocycles. The molecular formula is C4H8N2S2. The average Bonchev–Trinajstić information content (AvgIpc) is 1.65. The van der Waals surface area contributed by atoms with Gasteiger partial charge in [0.15, 0.2) is 4.32 Å². The third kappa shape index (κ3) is 4.08. The van der Waals surface area contributed by atoms with E-state index in [9.17, 15) is 0 Å². The summed E-state index contributed by atoms with van der Waals surface area (Å²) in [6.07, 6.45) is 1.87. The van der Waals surface area contributed by atoms with Crippen molar-refractivity contribution in [2.75, 3.05) is 6.26 Å². The number of thioether (sulfide) groups is 1. The molecule has 0 bridgehead atoms. The molecule has 2 N–H and O–H groups in total. The molecular weight excluding hydrogens is 140 g/mol. The van der Waals surface area contributed by atoms with Gasteiger partial charge in [0, 0.05) is 0 Å². The highest BCUT2D eigenvalue weighted by atomic mass is 32.2. The number of nitrogens with two attached hydrogens (primary N) is 1. The Hall–Kier alpha value is -0.0900. The second kappa shape index (κ2) is 3.86. The number of hydrogen-bond donors (Lipinski definition) is 1. The Morgan fingerprint density at radius 1 is 1.75 bits per heavy atom. The molecule has 46 valence electrons. The van der Waals surface area contributed by atoms with E-state index in [-0.39, 0.29) is 0 Å². The fourth-order valence-electron chi connectivity index (χ4n) is 0.190. The highest BCUT2D eigenvalue weighted by Crippen LogP contribution is 1.97. The lowest BCUT2D eigenvalue weighted by molar-refractivity contribution is 1.57. The first-order chi connectivity index (χ1) is 3.66. The highest BCUT2D eigenvalue weighted by molar-refractivity contribution is 8.22. The fraction of sp³-hybridized carbons (Fsp3) is 0.500. The van der Waals surface area contributed by atoms with E-state index in [2.05, 4.69) is 4.99 Å². The molecule has 0 radical (unpaired) electrons. The van der Waals surface area contributed by atoms with Gasteiger partial charge in [0.2, 0.25) is 0 Å². The van der Waals surface area contributed by atoms with Crippen LogP contribution in [-0.4, -0.2) is 16.4 Å². The molecule has 0 atom stereocenters. The van der Waals surface area contributed by atoms with E-state index in [1.165, 1.54) is 11.8 Å². The van der Waals surface area contributed by atoms with Crippen molar-refractivity contribution in [1.82, 2.24) is 0 Å². The summed E-state index contributed by atoms with van der Waals surface area (Å²) in [6, 6.07) is 0. The van der Waals surface area contributed by atoms with Crippen LogP contribution in [-0.2, 0) is 0 Å². The van der Waals surface area contributed by atoms with Gasteiger partial charge in [-0.15, -0.1) is 0 Å². The molecule has 4 heteroatoms. The molecule has 0 aromatic carbocycles. The van der Waals surface area contributed by atoms with Crippen LogP contribution in [0.2, 0.25) is 0 Å². The number of hydrogen-bond acceptors (Lipinski definition) is 2. The molecule has 8 heavy (non-hydrogen) atoms. The van der Waals surface area contributed by atoms with Gasteiger partial charge >= 0.3 is 0 Å². The van der Waals surface area contributed by atoms with Crippen LogP contribution in [0.25, 0.3) is 0 Å². The van der Waals surface area contributed by atoms with Crippen molar-refractivity contribution in [2.24, 2.45) is 10.7 Å². The molecule has 0 aromatic rings. The molecule has 0 rings (SSSR count). The van der Waals surface area contributed by atoms with Crippen molar-refractivity contribution in [3.63, 3.8) is 0 Å². The molecule has 2 nitrogen and oxygen atoms in total. The average molecular weight is 148 g/mol. The number of amidine groups is 1. The summed E-state index contributed by atoms with van der Waals surface area (Å²) >= 11 is 6.14. The Balaban J connectivity index is 3.70. The quantitative estimate of drug-likeness (QED) is 0.316. The highest BCUT2D eigenvalue weighted by Gasteiger charge is 1.85. The van der Waals surface area contributed by atoms with Gasteiger partial charge in [-0.05, 0) is 13.2 Å². The Kier molecular flexibility index (Phi) is 3.81. The second-order valence-corrected chi connectivity index (χ2v) is 2.66. The van der Waals surface area contributed by atoms with Crippen LogP contribution in [0.15, 0.2) is 4.99 Å². The van der Waals surface area contributed by atoms with Crippen LogP contribution < -0.4 is 5.73 Å². The first-order valence-electron chi connectivity index (χ1n) is 2.05. The van der Waals surface area contributed by atoms with Crippen molar-refractivity contribution in [2.45, 2.75) is 6.92 Å². The minimum Gasteiger partial charge on any atom is -0.387 e. The monoisotopic (exact) mass is 148 g/mol. The first-order valence-corrected chi connectivity index (χ1v) is 3.69. The minimum atomic E-state index is 0.518. The normalized spacial score (nSPS) is 11.5. The summed E-state index contributed by atoms with van der Waals surface area (Å²) in [5, 5.41) is 0. The van der Waals surface area contributed by atoms with Crippen LogP contribution in [0, 0.1) is 0 Å². The van der Waals surface area contributed by atoms with Gasteiger partial charge in [-0.2, -0.15) is 0 Å². The van der Waals surface area contributed by atoms with E-state index >= 15 is 0 Å². The first kappa shape index (κ1) is 7.91. The minimum absolute atomic E-state index is 0.518. The maximum atomic E-state index is 5.22. The molecule has 0 fully saturated rings. The summed E-state index contributed by atoms with van der Waals surface area (Å²) < 4.78 is 0.588. The van der Waals surface area contributed by atoms with E-state index in [0.29, 0.717) is 10.2 Å². The number of nitrogens with zero attached hydrogens (tertiary/aromatic N) is 1. The summed E-state index contributed by atoms with van der Waals surface area (Å²) in [6.45, 7) is 1.71. The summed E-state index contributed by atoms with van der Waals surface area (Å²) in [5.74, 6) is 0.518. The van der Waals surface area contributed by atoms with Gasteiger partial charge in [0.05, 0.1) is 5.84 Å². The van der Waals surface area contributed by atoms with E-state index in [1.54, 1.807) is 6.92 Å². The molecule has 0 unspecified atom stereocenters. The molecule has 0 aromatic heterocycles. The van der Waals surface area contributed by atoms with E-state index in [1.807, 2.05) is 6.26 Å². The van der Waals surface area contributed by atoms with Crippen LogP contribution >= 0.6 is 24.0 Å². The Labute approximate surface area is 58.6 Å². The van der Waals surface area contributed by atoms with Gasteiger partial charge in [-0.25, -0.2) is 4.99 Å². The smallest absolute Gasteiger partial charge is 0.161 e. The molecule has 0 saturated carbocycles. The molecule has 0 aliphatic heterocycles. The predicted octanol–water partition coefficient (Wildman–Crippen LogP) is 1.01. The van der Waals surface area contributed by atoms with E-state index < -0.39 is 0 Å². The number of rotatable bonds is 0. The van der Waals surface area contributed by atoms with Gasteiger partial charge in [-0.1, -0.05) is 24.0 Å². The second-order valence-electron chi connectivity index (χ2n) is 1.22. The lowest BCUT2D eigenvalue weighted by Gasteiger charge is -1.88. The van der Waals surface area contributed by atoms with Crippen molar-refractivity contribution in [1.29, 1.82) is 0 Å². The molecule has 0 aliphatic rings. The molecule has 0 heterocycles. The third-order valence-corrected chi connectivity index (χ3v) is 1.47. The van der Waals surface area contributed by atoms with Crippen molar-refractivity contribution >= 4 is 34.1 Å². The maximum absolute atomic E-state index is 5.22. The summed E-state index contributed by atoms with van der Waals surface area (Å²) in [4.78, 5) is 3.78. The van der Waals surface area contributed by atoms with Crippen LogP contribution in [0.4, 0.5) is 0 Å². The zero-order valence-corrected chi connectivity index (χ0v) is 6.47. The topological polar surface area (TPSA) is 38.4 Å². The predicted molar refractivity (Wildman–Crippen MR) is 43.4 cm³/mol. The Bertz CT molecular complexity index is 115. The van der Waals surface area contributed by atoms with Crippen LogP contribution in [0.1, 0.15) is 6.92 Å². The fourth-order valence-corrected chi connectivity index (χ4v) is 0.569. The van der Waals surface area contributed by atoms with E-state index in [4.69, 9.17) is 18.0 Å². The number of aliphatic imine (C=N–C) groups is 1. The molecule has 0 aliphatic carbocycles. The largest absolute Gasteiger partial charge is 0.387 e. The zero-order chi connectivity index (χ0) is 6.57. The van der Waals surface area contributed by atoms with Crippen molar-refractivity contribution in [3.8, 4) is 0 Å². The summed E-state index contributed by atoms with van der Waals surface area (Å²) in [7, 11) is 0. The zero-order valence-electron chi connectivity index (χ0n) is 4.84. The van der Waals surface area contributed by atoms with Gasteiger partial charge in [0.1, 0.15) is 0 Å². The van der Waals surface area contributed by atoms with Crippen LogP contribution in [0.3, 0.4) is 0 Å². The van der Waals surface area contributed by atoms with Crippen LogP contribution in [0.5, 0.6) is 0 Å². The Morgan fingerprint density at radius 3 is 2.38 bits per heavy atom. The SMILES string of the molecule is CSC(=S)N=C(C)N. The van der Waals surface area contributed by atoms with Gasteiger partial charge in [0.25, 0.3) is 0 Å². The van der Waals surface area contributed by atoms with Crippen molar-refractivity contribution < 1.29 is 0 Å². The lowest BCUT2D eigenvalue weighted by atomic mass is 10.7. The standard InChI is InChI=1S/C4H8N2S2/c1-3(5)6-4(7)8-2/h1-2H3,(H2,5,6,7). The molecule has 0 amide bonds. The maximum Gasteiger partial charge on any atom is 0.161 e. The summed E-state index contributed by atoms with van der Waals surface area (Å²) in [5.41, 5.74) is 5.22. The van der Waals surface area contributed by atoms with Crippen molar-refractivity contribution in [3.05, 3.63) is 0 Å². The Morgan fingerprint density at radius 2 is 2.25 bits per heavy atom. The third-order valence-electron chi connectivity index (χ3n) is 0.442. The number of thiocarbonyl (C=S) groups is 1. The van der Waals surface area contributed by atoms with Gasteiger partial charge in [-0.3, -0.25) is 0 Å².